The summed E-state index contributed by atoms with van der Waals surface area (Å²) in [6.45, 7) is 4.69. The molecule has 0 bridgehead atoms. The molecule has 0 aromatic carbocycles. The predicted molar refractivity (Wildman–Crippen MR) is 56.9 cm³/mol. The molecular weight excluding hydrogens is 176 g/mol. The van der Waals surface area contributed by atoms with Crippen molar-refractivity contribution in [2.24, 2.45) is 5.92 Å². The van der Waals surface area contributed by atoms with Crippen LogP contribution in [0.3, 0.4) is 0 Å². The fourth-order valence-electron chi connectivity index (χ4n) is 1.56. The first-order chi connectivity index (χ1) is 6.77. The van der Waals surface area contributed by atoms with Crippen molar-refractivity contribution in [3.63, 3.8) is 0 Å². The molecule has 1 heterocycles. The van der Waals surface area contributed by atoms with Crippen molar-refractivity contribution in [2.75, 3.05) is 6.61 Å². The van der Waals surface area contributed by atoms with Crippen molar-refractivity contribution in [1.29, 1.82) is 0 Å². The predicted octanol–water partition coefficient (Wildman–Crippen LogP) is 2.85. The van der Waals surface area contributed by atoms with E-state index in [1.807, 2.05) is 13.0 Å². The zero-order valence-corrected chi connectivity index (χ0v) is 8.95. The molecule has 0 radical (unpaired) electrons. The molecule has 1 aliphatic heterocycles. The van der Waals surface area contributed by atoms with Gasteiger partial charge in [-0.1, -0.05) is 19.4 Å². The molecule has 2 nitrogen and oxygen atoms in total. The van der Waals surface area contributed by atoms with Crippen LogP contribution in [-0.4, -0.2) is 12.4 Å². The van der Waals surface area contributed by atoms with Gasteiger partial charge in [0.15, 0.2) is 5.76 Å². The van der Waals surface area contributed by atoms with Crippen LogP contribution in [0.25, 0.3) is 0 Å². The molecule has 1 atom stereocenters. The molecule has 0 saturated carbocycles. The Labute approximate surface area is 85.6 Å². The summed E-state index contributed by atoms with van der Waals surface area (Å²) in [7, 11) is 0. The highest BCUT2D eigenvalue weighted by molar-refractivity contribution is 6.02. The van der Waals surface area contributed by atoms with Crippen LogP contribution in [0.1, 0.15) is 33.1 Å². The number of ether oxygens (including phenoxy) is 1. The Morgan fingerprint density at radius 3 is 3.14 bits per heavy atom. The molecule has 0 fully saturated rings. The molecule has 14 heavy (non-hydrogen) atoms. The molecule has 78 valence electrons. The first-order valence-electron chi connectivity index (χ1n) is 5.28. The van der Waals surface area contributed by atoms with Crippen LogP contribution in [0.4, 0.5) is 0 Å². The molecule has 1 rings (SSSR count). The molecular formula is C12H18O2. The maximum Gasteiger partial charge on any atom is 0.219 e. The summed E-state index contributed by atoms with van der Waals surface area (Å²) in [5, 5.41) is 0. The average molecular weight is 194 g/mol. The second kappa shape index (κ2) is 5.63. The summed E-state index contributed by atoms with van der Waals surface area (Å²) in [6, 6.07) is 0. The van der Waals surface area contributed by atoms with Gasteiger partial charge in [-0.2, -0.15) is 0 Å². The van der Waals surface area contributed by atoms with E-state index in [2.05, 4.69) is 6.92 Å². The number of carbonyl (C=O) groups is 1. The Morgan fingerprint density at radius 2 is 2.50 bits per heavy atom. The third-order valence-corrected chi connectivity index (χ3v) is 2.56. The number of ketones is 1. The number of hydrogen-bond acceptors (Lipinski definition) is 2. The van der Waals surface area contributed by atoms with E-state index in [1.54, 1.807) is 12.2 Å². The van der Waals surface area contributed by atoms with E-state index in [9.17, 15) is 4.79 Å². The van der Waals surface area contributed by atoms with Gasteiger partial charge in [0.05, 0.1) is 6.61 Å². The van der Waals surface area contributed by atoms with Crippen LogP contribution in [0.2, 0.25) is 0 Å². The monoisotopic (exact) mass is 194 g/mol. The van der Waals surface area contributed by atoms with Crippen LogP contribution in [0.5, 0.6) is 0 Å². The lowest BCUT2D eigenvalue weighted by atomic mass is 9.99. The van der Waals surface area contributed by atoms with Crippen LogP contribution >= 0.6 is 0 Å². The standard InChI is InChI=1S/C12H18O2/c1-3-5-11(13)12-7-6-10(4-2)8-9-14-12/h3,5,7,10H,4,6,8-9H2,1-2H3/b5-3+. The van der Waals surface area contributed by atoms with Gasteiger partial charge < -0.3 is 4.74 Å². The summed E-state index contributed by atoms with van der Waals surface area (Å²) >= 11 is 0. The van der Waals surface area contributed by atoms with Crippen molar-refractivity contribution in [3.8, 4) is 0 Å². The Morgan fingerprint density at radius 1 is 1.71 bits per heavy atom. The summed E-state index contributed by atoms with van der Waals surface area (Å²) in [5.41, 5.74) is 0. The van der Waals surface area contributed by atoms with Gasteiger partial charge in [-0.3, -0.25) is 4.79 Å². The first kappa shape index (κ1) is 11.0. The second-order valence-electron chi connectivity index (χ2n) is 3.58. The quantitative estimate of drug-likeness (QED) is 0.646. The smallest absolute Gasteiger partial charge is 0.219 e. The van der Waals surface area contributed by atoms with E-state index in [4.69, 9.17) is 4.74 Å². The molecule has 0 aromatic rings. The van der Waals surface area contributed by atoms with Crippen LogP contribution in [0.15, 0.2) is 24.0 Å². The van der Waals surface area contributed by atoms with Crippen molar-refractivity contribution in [3.05, 3.63) is 24.0 Å². The molecule has 2 heteroatoms. The van der Waals surface area contributed by atoms with Crippen LogP contribution in [0, 0.1) is 5.92 Å². The van der Waals surface area contributed by atoms with Gasteiger partial charge in [-0.05, 0) is 37.8 Å². The SMILES string of the molecule is C/C=C/C(=O)C1=CCC(CC)CCO1. The molecule has 0 spiro atoms. The van der Waals surface area contributed by atoms with E-state index in [0.717, 1.165) is 19.3 Å². The van der Waals surface area contributed by atoms with Gasteiger partial charge >= 0.3 is 0 Å². The fraction of sp³-hybridized carbons (Fsp3) is 0.583. The minimum Gasteiger partial charge on any atom is -0.490 e. The zero-order valence-electron chi connectivity index (χ0n) is 8.95. The Kier molecular flexibility index (Phi) is 4.44. The highest BCUT2D eigenvalue weighted by Gasteiger charge is 2.14. The van der Waals surface area contributed by atoms with Gasteiger partial charge in [0.25, 0.3) is 0 Å². The van der Waals surface area contributed by atoms with Crippen molar-refractivity contribution >= 4 is 5.78 Å². The van der Waals surface area contributed by atoms with Gasteiger partial charge in [-0.15, -0.1) is 0 Å². The minimum absolute atomic E-state index is 0.00995. The lowest BCUT2D eigenvalue weighted by molar-refractivity contribution is -0.114. The van der Waals surface area contributed by atoms with E-state index in [0.29, 0.717) is 18.3 Å². The molecule has 0 aromatic heterocycles. The van der Waals surface area contributed by atoms with Crippen LogP contribution < -0.4 is 0 Å². The van der Waals surface area contributed by atoms with E-state index in [-0.39, 0.29) is 5.78 Å². The summed E-state index contributed by atoms with van der Waals surface area (Å²) in [5.74, 6) is 1.19. The topological polar surface area (TPSA) is 26.3 Å². The maximum atomic E-state index is 11.5. The lowest BCUT2D eigenvalue weighted by Gasteiger charge is -2.07. The fourth-order valence-corrected chi connectivity index (χ4v) is 1.56. The molecule has 0 aliphatic carbocycles. The Balaban J connectivity index is 2.61. The van der Waals surface area contributed by atoms with Crippen molar-refractivity contribution in [1.82, 2.24) is 0 Å². The van der Waals surface area contributed by atoms with E-state index < -0.39 is 0 Å². The molecule has 0 N–H and O–H groups in total. The number of hydrogen-bond donors (Lipinski definition) is 0. The van der Waals surface area contributed by atoms with E-state index >= 15 is 0 Å². The molecule has 0 amide bonds. The summed E-state index contributed by atoms with van der Waals surface area (Å²) < 4.78 is 5.41. The summed E-state index contributed by atoms with van der Waals surface area (Å²) in [6.07, 6.45) is 8.41. The van der Waals surface area contributed by atoms with Gasteiger partial charge in [0.1, 0.15) is 0 Å². The number of rotatable bonds is 3. The number of allylic oxidation sites excluding steroid dienone is 3. The third-order valence-electron chi connectivity index (χ3n) is 2.56. The third kappa shape index (κ3) is 3.02. The Bertz CT molecular complexity index is 251. The first-order valence-corrected chi connectivity index (χ1v) is 5.28. The highest BCUT2D eigenvalue weighted by atomic mass is 16.5. The largest absolute Gasteiger partial charge is 0.490 e. The van der Waals surface area contributed by atoms with Gasteiger partial charge in [0, 0.05) is 0 Å². The van der Waals surface area contributed by atoms with Crippen molar-refractivity contribution in [2.45, 2.75) is 33.1 Å². The molecule has 1 aliphatic rings. The molecule has 1 unspecified atom stereocenters. The zero-order chi connectivity index (χ0) is 10.4. The average Bonchev–Trinajstić information content (AvgIpc) is 2.42. The normalized spacial score (nSPS) is 22.7. The van der Waals surface area contributed by atoms with Crippen LogP contribution in [-0.2, 0) is 9.53 Å². The van der Waals surface area contributed by atoms with Gasteiger partial charge in [-0.25, -0.2) is 0 Å². The number of carbonyl (C=O) groups excluding carboxylic acids is 1. The minimum atomic E-state index is -0.00995. The van der Waals surface area contributed by atoms with Crippen molar-refractivity contribution < 1.29 is 9.53 Å². The van der Waals surface area contributed by atoms with E-state index in [1.165, 1.54) is 0 Å². The highest BCUT2D eigenvalue weighted by Crippen LogP contribution is 2.20. The molecule has 0 saturated heterocycles. The van der Waals surface area contributed by atoms with Gasteiger partial charge in [0.2, 0.25) is 5.78 Å². The maximum absolute atomic E-state index is 11.5. The lowest BCUT2D eigenvalue weighted by Crippen LogP contribution is -2.03. The second-order valence-corrected chi connectivity index (χ2v) is 3.58. The Hall–Kier alpha value is -1.05. The summed E-state index contributed by atoms with van der Waals surface area (Å²) in [4.78, 5) is 11.5.